The molecule has 23 heavy (non-hydrogen) atoms. The standard InChI is InChI=1S/C12H11N9O2/c13-9-6-3-5(1-2-7(6)16-18-9)10-19-21-12(23-10)15-4-8-17-20-11(14)22-8/h1-3H,4H2,(H2,14,20)(H,15,21)(H3,13,16,18). The minimum absolute atomic E-state index is 0.000906. The lowest BCUT2D eigenvalue weighted by Gasteiger charge is -1.97. The number of fused-ring (bicyclic) bond motifs is 1. The number of hydrogen-bond donors (Lipinski definition) is 4. The molecule has 11 heteroatoms. The van der Waals surface area contributed by atoms with E-state index in [4.69, 9.17) is 20.3 Å². The maximum atomic E-state index is 5.79. The van der Waals surface area contributed by atoms with Gasteiger partial charge in [-0.1, -0.05) is 10.2 Å². The summed E-state index contributed by atoms with van der Waals surface area (Å²) in [6.07, 6.45) is 0. The zero-order chi connectivity index (χ0) is 15.8. The number of nitrogens with two attached hydrogens (primary N) is 2. The predicted octanol–water partition coefficient (Wildman–Crippen LogP) is 0.772. The van der Waals surface area contributed by atoms with Crippen LogP contribution in [-0.4, -0.2) is 30.6 Å². The Morgan fingerprint density at radius 2 is 2.00 bits per heavy atom. The third-order valence-electron chi connectivity index (χ3n) is 3.14. The molecule has 0 atom stereocenters. The fourth-order valence-electron chi connectivity index (χ4n) is 2.07. The van der Waals surface area contributed by atoms with Gasteiger partial charge in [0, 0.05) is 10.9 Å². The number of benzene rings is 1. The van der Waals surface area contributed by atoms with Crippen LogP contribution in [-0.2, 0) is 6.54 Å². The average molecular weight is 313 g/mol. The molecule has 0 bridgehead atoms. The molecule has 116 valence electrons. The van der Waals surface area contributed by atoms with Crippen LogP contribution in [0, 0.1) is 0 Å². The van der Waals surface area contributed by atoms with Gasteiger partial charge in [-0.3, -0.25) is 5.10 Å². The van der Waals surface area contributed by atoms with Crippen molar-refractivity contribution in [2.24, 2.45) is 0 Å². The van der Waals surface area contributed by atoms with Crippen LogP contribution >= 0.6 is 0 Å². The third-order valence-corrected chi connectivity index (χ3v) is 3.14. The molecule has 0 radical (unpaired) electrons. The first-order valence-electron chi connectivity index (χ1n) is 6.58. The van der Waals surface area contributed by atoms with Crippen LogP contribution in [0.1, 0.15) is 5.89 Å². The van der Waals surface area contributed by atoms with Crippen LogP contribution in [0.15, 0.2) is 27.0 Å². The fraction of sp³-hybridized carbons (Fsp3) is 0.0833. The second-order valence-corrected chi connectivity index (χ2v) is 4.67. The molecule has 11 nitrogen and oxygen atoms in total. The molecule has 4 aromatic rings. The van der Waals surface area contributed by atoms with E-state index in [2.05, 4.69) is 35.9 Å². The molecule has 0 spiro atoms. The third kappa shape index (κ3) is 2.39. The van der Waals surface area contributed by atoms with Crippen LogP contribution in [0.3, 0.4) is 0 Å². The van der Waals surface area contributed by atoms with Crippen LogP contribution in [0.5, 0.6) is 0 Å². The highest BCUT2D eigenvalue weighted by Crippen LogP contribution is 2.26. The summed E-state index contributed by atoms with van der Waals surface area (Å²) >= 11 is 0. The largest absolute Gasteiger partial charge is 0.406 e. The van der Waals surface area contributed by atoms with Gasteiger partial charge in [0.1, 0.15) is 0 Å². The molecule has 0 aliphatic heterocycles. The van der Waals surface area contributed by atoms with Gasteiger partial charge in [-0.25, -0.2) is 0 Å². The van der Waals surface area contributed by atoms with Crippen LogP contribution in [0.25, 0.3) is 22.4 Å². The normalized spacial score (nSPS) is 11.1. The number of H-pyrrole nitrogens is 1. The van der Waals surface area contributed by atoms with Gasteiger partial charge in [0.25, 0.3) is 0 Å². The van der Waals surface area contributed by atoms with Gasteiger partial charge in [0.05, 0.1) is 12.1 Å². The van der Waals surface area contributed by atoms with Crippen LogP contribution in [0.4, 0.5) is 17.8 Å². The van der Waals surface area contributed by atoms with Gasteiger partial charge in [0.2, 0.25) is 11.8 Å². The van der Waals surface area contributed by atoms with Crippen molar-refractivity contribution in [2.75, 3.05) is 16.8 Å². The number of aromatic amines is 1. The highest BCUT2D eigenvalue weighted by molar-refractivity contribution is 5.91. The number of anilines is 3. The van der Waals surface area contributed by atoms with E-state index in [0.29, 0.717) is 17.6 Å². The van der Waals surface area contributed by atoms with E-state index in [1.165, 1.54) is 0 Å². The van der Waals surface area contributed by atoms with Crippen molar-refractivity contribution in [3.05, 3.63) is 24.1 Å². The zero-order valence-electron chi connectivity index (χ0n) is 11.6. The second kappa shape index (κ2) is 4.98. The number of nitrogen functional groups attached to an aromatic ring is 2. The summed E-state index contributed by atoms with van der Waals surface area (Å²) in [6.45, 7) is 0.222. The van der Waals surface area contributed by atoms with E-state index in [9.17, 15) is 0 Å². The maximum absolute atomic E-state index is 5.79. The highest BCUT2D eigenvalue weighted by atomic mass is 16.4. The van der Waals surface area contributed by atoms with Crippen molar-refractivity contribution in [1.29, 1.82) is 0 Å². The molecule has 0 aliphatic rings. The summed E-state index contributed by atoms with van der Waals surface area (Å²) in [5.74, 6) is 1.07. The first-order valence-corrected chi connectivity index (χ1v) is 6.58. The topological polar surface area (TPSA) is 171 Å². The SMILES string of the molecule is Nc1nnc(CNc2nnc(-c3ccc4[nH]nc(N)c4c3)o2)o1. The van der Waals surface area contributed by atoms with Gasteiger partial charge >= 0.3 is 12.0 Å². The van der Waals surface area contributed by atoms with Gasteiger partial charge in [-0.15, -0.1) is 10.2 Å². The second-order valence-electron chi connectivity index (χ2n) is 4.67. The monoisotopic (exact) mass is 313 g/mol. The van der Waals surface area contributed by atoms with Crippen molar-refractivity contribution in [3.8, 4) is 11.5 Å². The molecule has 0 aliphatic carbocycles. The molecule has 0 unspecified atom stereocenters. The number of hydrogen-bond acceptors (Lipinski definition) is 10. The van der Waals surface area contributed by atoms with Crippen molar-refractivity contribution in [1.82, 2.24) is 30.6 Å². The molecule has 6 N–H and O–H groups in total. The van der Waals surface area contributed by atoms with Gasteiger partial charge in [0.15, 0.2) is 5.82 Å². The number of rotatable bonds is 4. The Hall–Kier alpha value is -3.63. The number of aromatic nitrogens is 6. The van der Waals surface area contributed by atoms with Crippen LogP contribution in [0.2, 0.25) is 0 Å². The quantitative estimate of drug-likeness (QED) is 0.421. The molecule has 3 heterocycles. The van der Waals surface area contributed by atoms with E-state index in [1.807, 2.05) is 18.2 Å². The maximum Gasteiger partial charge on any atom is 0.316 e. The summed E-state index contributed by atoms with van der Waals surface area (Å²) in [5.41, 5.74) is 12.7. The lowest BCUT2D eigenvalue weighted by Crippen LogP contribution is -1.99. The van der Waals surface area contributed by atoms with Crippen molar-refractivity contribution < 1.29 is 8.83 Å². The van der Waals surface area contributed by atoms with E-state index < -0.39 is 0 Å². The summed E-state index contributed by atoms with van der Waals surface area (Å²) in [5, 5.41) is 25.6. The average Bonchev–Trinajstić information content (AvgIpc) is 3.26. The Morgan fingerprint density at radius 3 is 2.83 bits per heavy atom. The summed E-state index contributed by atoms with van der Waals surface area (Å²) in [4.78, 5) is 0. The van der Waals surface area contributed by atoms with Crippen LogP contribution < -0.4 is 16.8 Å². The highest BCUT2D eigenvalue weighted by Gasteiger charge is 2.12. The Bertz CT molecular complexity index is 970. The summed E-state index contributed by atoms with van der Waals surface area (Å²) in [6, 6.07) is 5.71. The lowest BCUT2D eigenvalue weighted by molar-refractivity contribution is 0.511. The number of nitrogens with one attached hydrogen (secondary N) is 2. The molecule has 0 saturated carbocycles. The Balaban J connectivity index is 1.55. The molecule has 3 aromatic heterocycles. The van der Waals surface area contributed by atoms with E-state index in [-0.39, 0.29) is 18.6 Å². The van der Waals surface area contributed by atoms with Crippen molar-refractivity contribution >= 4 is 28.8 Å². The summed E-state index contributed by atoms with van der Waals surface area (Å²) in [7, 11) is 0. The van der Waals surface area contributed by atoms with Gasteiger partial charge < -0.3 is 25.6 Å². The minimum Gasteiger partial charge on any atom is -0.406 e. The number of nitrogens with zero attached hydrogens (tertiary/aromatic N) is 5. The Morgan fingerprint density at radius 1 is 1.09 bits per heavy atom. The first kappa shape index (κ1) is 13.1. The van der Waals surface area contributed by atoms with E-state index >= 15 is 0 Å². The molecule has 0 amide bonds. The predicted molar refractivity (Wildman–Crippen MR) is 79.8 cm³/mol. The molecular weight excluding hydrogens is 302 g/mol. The Kier molecular flexibility index (Phi) is 2.83. The van der Waals surface area contributed by atoms with E-state index in [0.717, 1.165) is 16.5 Å². The fourth-order valence-corrected chi connectivity index (χ4v) is 2.07. The molecule has 4 rings (SSSR count). The summed E-state index contributed by atoms with van der Waals surface area (Å²) < 4.78 is 10.6. The first-order chi connectivity index (χ1) is 11.2. The molecule has 1 aromatic carbocycles. The van der Waals surface area contributed by atoms with Gasteiger partial charge in [-0.05, 0) is 18.2 Å². The molecule has 0 saturated heterocycles. The van der Waals surface area contributed by atoms with Crippen molar-refractivity contribution in [2.45, 2.75) is 6.54 Å². The van der Waals surface area contributed by atoms with Crippen molar-refractivity contribution in [3.63, 3.8) is 0 Å². The smallest absolute Gasteiger partial charge is 0.316 e. The molecular formula is C12H11N9O2. The Labute approximate surface area is 128 Å². The minimum atomic E-state index is -0.000906. The molecule has 0 fully saturated rings. The lowest BCUT2D eigenvalue weighted by atomic mass is 10.1. The van der Waals surface area contributed by atoms with E-state index in [1.54, 1.807) is 0 Å². The van der Waals surface area contributed by atoms with Gasteiger partial charge in [-0.2, -0.15) is 5.10 Å². The zero-order valence-corrected chi connectivity index (χ0v) is 11.6.